The highest BCUT2D eigenvalue weighted by molar-refractivity contribution is 6.04. The predicted molar refractivity (Wildman–Crippen MR) is 197 cm³/mol. The SMILES string of the molecule is c1ccc(-c2ccc3ccc4ccc(-c5cccc(-c6ccc(-c7nc(-c8ccccc8)nc8ccccc78)cc6)c5)nc4c3n2)cc1. The van der Waals surface area contributed by atoms with E-state index in [4.69, 9.17) is 19.9 Å². The third kappa shape index (κ3) is 5.06. The highest BCUT2D eigenvalue weighted by Gasteiger charge is 2.13. The van der Waals surface area contributed by atoms with Gasteiger partial charge in [-0.15, -0.1) is 0 Å². The van der Waals surface area contributed by atoms with Gasteiger partial charge < -0.3 is 0 Å². The molecular formula is C44H28N4. The van der Waals surface area contributed by atoms with Crippen LogP contribution in [0.15, 0.2) is 170 Å². The molecule has 48 heavy (non-hydrogen) atoms. The van der Waals surface area contributed by atoms with Crippen LogP contribution in [-0.2, 0) is 0 Å². The number of hydrogen-bond donors (Lipinski definition) is 0. The second-order valence-corrected chi connectivity index (χ2v) is 11.9. The lowest BCUT2D eigenvalue weighted by atomic mass is 9.98. The van der Waals surface area contributed by atoms with E-state index in [-0.39, 0.29) is 0 Å². The maximum absolute atomic E-state index is 5.18. The Balaban J connectivity index is 1.08. The molecule has 9 aromatic rings. The van der Waals surface area contributed by atoms with Crippen LogP contribution in [0.4, 0.5) is 0 Å². The largest absolute Gasteiger partial charge is 0.245 e. The van der Waals surface area contributed by atoms with E-state index in [0.717, 1.165) is 89.0 Å². The number of pyridine rings is 2. The summed E-state index contributed by atoms with van der Waals surface area (Å²) in [5, 5.41) is 3.18. The summed E-state index contributed by atoms with van der Waals surface area (Å²) in [5.74, 6) is 0.725. The molecule has 0 aliphatic rings. The van der Waals surface area contributed by atoms with E-state index in [1.807, 2.05) is 48.5 Å². The second kappa shape index (κ2) is 11.7. The number of aromatic nitrogens is 4. The van der Waals surface area contributed by atoms with Crippen LogP contribution >= 0.6 is 0 Å². The van der Waals surface area contributed by atoms with Gasteiger partial charge in [0, 0.05) is 38.4 Å². The third-order valence-electron chi connectivity index (χ3n) is 8.87. The summed E-state index contributed by atoms with van der Waals surface area (Å²) in [6.07, 6.45) is 0. The van der Waals surface area contributed by atoms with Crippen LogP contribution in [0.2, 0.25) is 0 Å². The Morgan fingerprint density at radius 3 is 1.56 bits per heavy atom. The van der Waals surface area contributed by atoms with Crippen molar-refractivity contribution in [2.24, 2.45) is 0 Å². The zero-order valence-electron chi connectivity index (χ0n) is 26.0. The molecule has 3 aromatic heterocycles. The fourth-order valence-electron chi connectivity index (χ4n) is 6.39. The first-order valence-corrected chi connectivity index (χ1v) is 16.1. The smallest absolute Gasteiger partial charge is 0.160 e. The number of hydrogen-bond acceptors (Lipinski definition) is 4. The average Bonchev–Trinajstić information content (AvgIpc) is 3.18. The quantitative estimate of drug-likeness (QED) is 0.181. The number of para-hydroxylation sites is 1. The molecule has 0 radical (unpaired) electrons. The standard InChI is InChI=1S/C44H28N4/c1-3-10-30(11-4-1)38-26-24-32-22-23-33-25-27-39(46-43(33)42(32)45-38)36-15-9-14-35(28-36)29-18-20-31(21-19-29)41-37-16-7-8-17-40(37)47-44(48-41)34-12-5-2-6-13-34/h1-28H. The van der Waals surface area contributed by atoms with Crippen molar-refractivity contribution in [1.29, 1.82) is 0 Å². The Morgan fingerprint density at radius 1 is 0.312 bits per heavy atom. The summed E-state index contributed by atoms with van der Waals surface area (Å²) in [6, 6.07) is 58.6. The Labute approximate surface area is 278 Å². The van der Waals surface area contributed by atoms with Gasteiger partial charge in [-0.3, -0.25) is 0 Å². The molecule has 0 atom stereocenters. The molecule has 0 amide bonds. The van der Waals surface area contributed by atoms with Gasteiger partial charge in [-0.1, -0.05) is 146 Å². The van der Waals surface area contributed by atoms with Gasteiger partial charge in [-0.05, 0) is 35.4 Å². The molecule has 224 valence electrons. The first-order valence-electron chi connectivity index (χ1n) is 16.1. The summed E-state index contributed by atoms with van der Waals surface area (Å²) in [7, 11) is 0. The summed E-state index contributed by atoms with van der Waals surface area (Å²) >= 11 is 0. The third-order valence-corrected chi connectivity index (χ3v) is 8.87. The minimum Gasteiger partial charge on any atom is -0.245 e. The molecule has 6 aromatic carbocycles. The molecule has 0 unspecified atom stereocenters. The zero-order chi connectivity index (χ0) is 31.9. The van der Waals surface area contributed by atoms with Crippen molar-refractivity contribution in [3.8, 4) is 56.3 Å². The van der Waals surface area contributed by atoms with Crippen LogP contribution in [0.5, 0.6) is 0 Å². The van der Waals surface area contributed by atoms with Gasteiger partial charge in [0.2, 0.25) is 0 Å². The van der Waals surface area contributed by atoms with Crippen LogP contribution in [0.3, 0.4) is 0 Å². The van der Waals surface area contributed by atoms with Gasteiger partial charge in [-0.2, -0.15) is 0 Å². The number of benzene rings is 6. The number of nitrogens with zero attached hydrogens (tertiary/aromatic N) is 4. The topological polar surface area (TPSA) is 51.6 Å². The molecule has 9 rings (SSSR count). The van der Waals surface area contributed by atoms with Crippen molar-refractivity contribution >= 4 is 32.7 Å². The molecule has 0 saturated carbocycles. The minimum absolute atomic E-state index is 0.725. The van der Waals surface area contributed by atoms with E-state index < -0.39 is 0 Å². The minimum atomic E-state index is 0.725. The lowest BCUT2D eigenvalue weighted by Crippen LogP contribution is -1.95. The van der Waals surface area contributed by atoms with Gasteiger partial charge in [0.05, 0.1) is 33.6 Å². The van der Waals surface area contributed by atoms with E-state index in [9.17, 15) is 0 Å². The van der Waals surface area contributed by atoms with E-state index in [1.165, 1.54) is 0 Å². The fraction of sp³-hybridized carbons (Fsp3) is 0. The lowest BCUT2D eigenvalue weighted by Gasteiger charge is -2.11. The average molecular weight is 613 g/mol. The van der Waals surface area contributed by atoms with Gasteiger partial charge in [0.15, 0.2) is 5.82 Å². The highest BCUT2D eigenvalue weighted by Crippen LogP contribution is 2.33. The van der Waals surface area contributed by atoms with Gasteiger partial charge >= 0.3 is 0 Å². The molecule has 0 fully saturated rings. The van der Waals surface area contributed by atoms with Crippen molar-refractivity contribution in [3.63, 3.8) is 0 Å². The molecule has 3 heterocycles. The van der Waals surface area contributed by atoms with Crippen LogP contribution < -0.4 is 0 Å². The van der Waals surface area contributed by atoms with Crippen LogP contribution in [-0.4, -0.2) is 19.9 Å². The molecule has 0 spiro atoms. The summed E-state index contributed by atoms with van der Waals surface area (Å²) in [5.41, 5.74) is 12.0. The summed E-state index contributed by atoms with van der Waals surface area (Å²) < 4.78 is 0. The molecule has 4 heteroatoms. The number of rotatable bonds is 5. The van der Waals surface area contributed by atoms with Gasteiger partial charge in [-0.25, -0.2) is 19.9 Å². The van der Waals surface area contributed by atoms with Crippen LogP contribution in [0.1, 0.15) is 0 Å². The second-order valence-electron chi connectivity index (χ2n) is 11.9. The normalized spacial score (nSPS) is 11.3. The summed E-state index contributed by atoms with van der Waals surface area (Å²) in [6.45, 7) is 0. The Hall–Kier alpha value is -6.52. The molecule has 0 N–H and O–H groups in total. The first-order chi connectivity index (χ1) is 23.8. The maximum atomic E-state index is 5.18. The predicted octanol–water partition coefficient (Wildman–Crippen LogP) is 11.1. The fourth-order valence-corrected chi connectivity index (χ4v) is 6.39. The van der Waals surface area contributed by atoms with Gasteiger partial charge in [0.25, 0.3) is 0 Å². The zero-order valence-corrected chi connectivity index (χ0v) is 26.0. The van der Waals surface area contributed by atoms with Crippen molar-refractivity contribution in [3.05, 3.63) is 170 Å². The Kier molecular flexibility index (Phi) is 6.76. The summed E-state index contributed by atoms with van der Waals surface area (Å²) in [4.78, 5) is 20.2. The van der Waals surface area contributed by atoms with Crippen molar-refractivity contribution in [2.75, 3.05) is 0 Å². The molecule has 0 aliphatic carbocycles. The molecule has 0 saturated heterocycles. The first kappa shape index (κ1) is 27.8. The van der Waals surface area contributed by atoms with Crippen LogP contribution in [0.25, 0.3) is 89.0 Å². The Bertz CT molecular complexity index is 2600. The van der Waals surface area contributed by atoms with E-state index in [1.54, 1.807) is 0 Å². The Morgan fingerprint density at radius 2 is 0.854 bits per heavy atom. The lowest BCUT2D eigenvalue weighted by molar-refractivity contribution is 1.23. The maximum Gasteiger partial charge on any atom is 0.160 e. The van der Waals surface area contributed by atoms with E-state index >= 15 is 0 Å². The highest BCUT2D eigenvalue weighted by atomic mass is 14.9. The molecule has 0 aliphatic heterocycles. The molecule has 4 nitrogen and oxygen atoms in total. The monoisotopic (exact) mass is 612 g/mol. The van der Waals surface area contributed by atoms with Crippen molar-refractivity contribution < 1.29 is 0 Å². The van der Waals surface area contributed by atoms with Crippen molar-refractivity contribution in [1.82, 2.24) is 19.9 Å². The number of fused-ring (bicyclic) bond motifs is 4. The van der Waals surface area contributed by atoms with E-state index in [2.05, 4.69) is 121 Å². The molecule has 0 bridgehead atoms. The van der Waals surface area contributed by atoms with Gasteiger partial charge in [0.1, 0.15) is 0 Å². The van der Waals surface area contributed by atoms with Crippen molar-refractivity contribution in [2.45, 2.75) is 0 Å². The van der Waals surface area contributed by atoms with E-state index in [0.29, 0.717) is 0 Å². The van der Waals surface area contributed by atoms with Crippen LogP contribution in [0, 0.1) is 0 Å². The molecular weight excluding hydrogens is 585 g/mol.